The molecule has 1 atom stereocenters. The molecule has 1 aliphatic heterocycles. The second-order valence-electron chi connectivity index (χ2n) is 4.87. The van der Waals surface area contributed by atoms with Crippen molar-refractivity contribution in [2.75, 3.05) is 25.5 Å². The van der Waals surface area contributed by atoms with E-state index in [0.717, 1.165) is 6.42 Å². The summed E-state index contributed by atoms with van der Waals surface area (Å²) in [5.41, 5.74) is 0. The third kappa shape index (κ3) is 2.96. The Hall–Kier alpha value is -2.57. The van der Waals surface area contributed by atoms with Crippen molar-refractivity contribution >= 4 is 11.8 Å². The van der Waals surface area contributed by atoms with E-state index < -0.39 is 0 Å². The molecule has 7 heteroatoms. The zero-order valence-electron chi connectivity index (χ0n) is 11.8. The highest BCUT2D eigenvalue weighted by molar-refractivity contribution is 5.88. The third-order valence-electron chi connectivity index (χ3n) is 3.52. The topological polar surface area (TPSA) is 72.3 Å². The van der Waals surface area contributed by atoms with Gasteiger partial charge in [0.05, 0.1) is 13.2 Å². The largest absolute Gasteiger partial charge is 0.481 e. The second kappa shape index (κ2) is 5.82. The summed E-state index contributed by atoms with van der Waals surface area (Å²) in [6.07, 6.45) is 4.58. The average Bonchev–Trinajstić information content (AvgIpc) is 3.18. The van der Waals surface area contributed by atoms with Gasteiger partial charge >= 0.3 is 6.03 Å². The van der Waals surface area contributed by atoms with Gasteiger partial charge in [-0.1, -0.05) is 6.07 Å². The van der Waals surface area contributed by atoms with Crippen LogP contribution in [0.25, 0.3) is 0 Å². The number of ether oxygens (including phenoxy) is 1. The van der Waals surface area contributed by atoms with Gasteiger partial charge < -0.3 is 9.64 Å². The van der Waals surface area contributed by atoms with E-state index in [0.29, 0.717) is 24.8 Å². The van der Waals surface area contributed by atoms with Crippen LogP contribution < -0.4 is 10.1 Å². The number of rotatable bonds is 3. The van der Waals surface area contributed by atoms with Crippen molar-refractivity contribution < 1.29 is 9.53 Å². The molecule has 2 aromatic heterocycles. The normalized spacial score (nSPS) is 17.8. The second-order valence-corrected chi connectivity index (χ2v) is 4.87. The summed E-state index contributed by atoms with van der Waals surface area (Å²) in [6, 6.07) is 7.25. The quantitative estimate of drug-likeness (QED) is 0.933. The molecule has 0 spiro atoms. The van der Waals surface area contributed by atoms with Crippen LogP contribution in [-0.4, -0.2) is 45.9 Å². The SMILES string of the molecule is COc1cccc(NC(=O)N2CCC(n3cccn3)C2)n1. The Morgan fingerprint density at radius 2 is 2.33 bits per heavy atom. The summed E-state index contributed by atoms with van der Waals surface area (Å²) in [7, 11) is 1.54. The van der Waals surface area contributed by atoms with Crippen molar-refractivity contribution in [1.82, 2.24) is 19.7 Å². The molecule has 0 bridgehead atoms. The van der Waals surface area contributed by atoms with E-state index in [-0.39, 0.29) is 12.1 Å². The van der Waals surface area contributed by atoms with Crippen LogP contribution in [0.5, 0.6) is 5.88 Å². The van der Waals surface area contributed by atoms with Crippen LogP contribution in [0.2, 0.25) is 0 Å². The number of hydrogen-bond donors (Lipinski definition) is 1. The molecule has 7 nitrogen and oxygen atoms in total. The van der Waals surface area contributed by atoms with Crippen LogP contribution in [0, 0.1) is 0 Å². The summed E-state index contributed by atoms with van der Waals surface area (Å²) in [4.78, 5) is 18.2. The van der Waals surface area contributed by atoms with Crippen LogP contribution >= 0.6 is 0 Å². The number of carbonyl (C=O) groups excluding carboxylic acids is 1. The lowest BCUT2D eigenvalue weighted by atomic mass is 10.3. The zero-order chi connectivity index (χ0) is 14.7. The van der Waals surface area contributed by atoms with Gasteiger partial charge in [-0.25, -0.2) is 4.79 Å². The summed E-state index contributed by atoms with van der Waals surface area (Å²) >= 11 is 0. The van der Waals surface area contributed by atoms with E-state index >= 15 is 0 Å². The first-order valence-electron chi connectivity index (χ1n) is 6.82. The molecular formula is C14H17N5O2. The Labute approximate surface area is 122 Å². The van der Waals surface area contributed by atoms with Gasteiger partial charge in [-0.15, -0.1) is 0 Å². The summed E-state index contributed by atoms with van der Waals surface area (Å²) in [5.74, 6) is 0.963. The lowest BCUT2D eigenvalue weighted by molar-refractivity contribution is 0.220. The minimum Gasteiger partial charge on any atom is -0.481 e. The highest BCUT2D eigenvalue weighted by atomic mass is 16.5. The maximum absolute atomic E-state index is 12.2. The van der Waals surface area contributed by atoms with Gasteiger partial charge in [-0.3, -0.25) is 10.00 Å². The maximum atomic E-state index is 12.2. The van der Waals surface area contributed by atoms with E-state index in [4.69, 9.17) is 4.74 Å². The summed E-state index contributed by atoms with van der Waals surface area (Å²) in [5, 5.41) is 7.02. The van der Waals surface area contributed by atoms with Crippen LogP contribution in [-0.2, 0) is 0 Å². The van der Waals surface area contributed by atoms with Gasteiger partial charge in [-0.2, -0.15) is 10.1 Å². The molecule has 110 valence electrons. The lowest BCUT2D eigenvalue weighted by Crippen LogP contribution is -2.33. The van der Waals surface area contributed by atoms with Gasteiger partial charge in [-0.05, 0) is 18.6 Å². The van der Waals surface area contributed by atoms with E-state index in [1.54, 1.807) is 36.4 Å². The molecule has 21 heavy (non-hydrogen) atoms. The molecule has 2 aromatic rings. The lowest BCUT2D eigenvalue weighted by Gasteiger charge is -2.17. The number of nitrogens with one attached hydrogen (secondary N) is 1. The molecule has 0 radical (unpaired) electrons. The number of aromatic nitrogens is 3. The minimum atomic E-state index is -0.148. The fourth-order valence-electron chi connectivity index (χ4n) is 2.43. The number of pyridine rings is 1. The fraction of sp³-hybridized carbons (Fsp3) is 0.357. The number of urea groups is 1. The highest BCUT2D eigenvalue weighted by Crippen LogP contribution is 2.21. The molecule has 1 unspecified atom stereocenters. The monoisotopic (exact) mass is 287 g/mol. The van der Waals surface area contributed by atoms with Crippen LogP contribution in [0.1, 0.15) is 12.5 Å². The molecule has 3 rings (SSSR count). The first-order valence-corrected chi connectivity index (χ1v) is 6.82. The molecule has 2 amide bonds. The summed E-state index contributed by atoms with van der Waals surface area (Å²) in [6.45, 7) is 1.36. The first-order chi connectivity index (χ1) is 10.3. The molecule has 1 fully saturated rings. The molecular weight excluding hydrogens is 270 g/mol. The average molecular weight is 287 g/mol. The number of carbonyl (C=O) groups is 1. The smallest absolute Gasteiger partial charge is 0.323 e. The van der Waals surface area contributed by atoms with Crippen LogP contribution in [0.15, 0.2) is 36.7 Å². The molecule has 3 heterocycles. The van der Waals surface area contributed by atoms with E-state index in [9.17, 15) is 4.79 Å². The third-order valence-corrected chi connectivity index (χ3v) is 3.52. The first kappa shape index (κ1) is 13.4. The van der Waals surface area contributed by atoms with Gasteiger partial charge in [0, 0.05) is 31.5 Å². The Balaban J connectivity index is 1.61. The molecule has 1 N–H and O–H groups in total. The summed E-state index contributed by atoms with van der Waals surface area (Å²) < 4.78 is 6.94. The van der Waals surface area contributed by atoms with E-state index in [2.05, 4.69) is 15.4 Å². The number of methoxy groups -OCH3 is 1. The number of nitrogens with zero attached hydrogens (tertiary/aromatic N) is 4. The number of hydrogen-bond acceptors (Lipinski definition) is 4. The maximum Gasteiger partial charge on any atom is 0.323 e. The predicted molar refractivity (Wildman–Crippen MR) is 77.3 cm³/mol. The molecule has 1 saturated heterocycles. The number of likely N-dealkylation sites (tertiary alicyclic amines) is 1. The molecule has 0 aromatic carbocycles. The van der Waals surface area contributed by atoms with E-state index in [1.807, 2.05) is 16.9 Å². The highest BCUT2D eigenvalue weighted by Gasteiger charge is 2.27. The van der Waals surface area contributed by atoms with Crippen LogP contribution in [0.3, 0.4) is 0 Å². The number of anilines is 1. The van der Waals surface area contributed by atoms with E-state index in [1.165, 1.54) is 0 Å². The standard InChI is InChI=1S/C14H17N5O2/c1-21-13-5-2-4-12(16-13)17-14(20)18-9-6-11(10-18)19-8-3-7-15-19/h2-5,7-8,11H,6,9-10H2,1H3,(H,16,17,20). The Kier molecular flexibility index (Phi) is 3.72. The van der Waals surface area contributed by atoms with Crippen molar-refractivity contribution in [2.45, 2.75) is 12.5 Å². The zero-order valence-corrected chi connectivity index (χ0v) is 11.8. The predicted octanol–water partition coefficient (Wildman–Crippen LogP) is 1.77. The van der Waals surface area contributed by atoms with Crippen molar-refractivity contribution in [2.24, 2.45) is 0 Å². The molecule has 1 aliphatic rings. The Morgan fingerprint density at radius 3 is 3.10 bits per heavy atom. The number of amides is 2. The van der Waals surface area contributed by atoms with Crippen LogP contribution in [0.4, 0.5) is 10.6 Å². The van der Waals surface area contributed by atoms with Crippen molar-refractivity contribution in [3.8, 4) is 5.88 Å². The molecule has 0 aliphatic carbocycles. The van der Waals surface area contributed by atoms with Gasteiger partial charge in [0.25, 0.3) is 0 Å². The van der Waals surface area contributed by atoms with Gasteiger partial charge in [0.1, 0.15) is 5.82 Å². The Morgan fingerprint density at radius 1 is 1.43 bits per heavy atom. The Bertz CT molecular complexity index is 614. The molecule has 0 saturated carbocycles. The minimum absolute atomic E-state index is 0.148. The van der Waals surface area contributed by atoms with Crippen molar-refractivity contribution in [3.05, 3.63) is 36.7 Å². The van der Waals surface area contributed by atoms with Crippen molar-refractivity contribution in [1.29, 1.82) is 0 Å². The van der Waals surface area contributed by atoms with Gasteiger partial charge in [0.2, 0.25) is 5.88 Å². The fourth-order valence-corrected chi connectivity index (χ4v) is 2.43. The van der Waals surface area contributed by atoms with Crippen molar-refractivity contribution in [3.63, 3.8) is 0 Å². The van der Waals surface area contributed by atoms with Gasteiger partial charge in [0.15, 0.2) is 0 Å².